The van der Waals surface area contributed by atoms with E-state index in [1.54, 1.807) is 26.0 Å². The van der Waals surface area contributed by atoms with Crippen LogP contribution in [0.4, 0.5) is 0 Å². The van der Waals surface area contributed by atoms with E-state index in [0.717, 1.165) is 16.8 Å². The highest BCUT2D eigenvalue weighted by atomic mass is 35.5. The Bertz CT molecular complexity index is 751. The summed E-state index contributed by atoms with van der Waals surface area (Å²) in [5.41, 5.74) is 5.83. The van der Waals surface area contributed by atoms with Crippen LogP contribution in [-0.4, -0.2) is 14.7 Å². The van der Waals surface area contributed by atoms with E-state index in [1.165, 1.54) is 6.26 Å². The first-order valence-electron chi connectivity index (χ1n) is 7.16. The van der Waals surface area contributed by atoms with Gasteiger partial charge in [0.1, 0.15) is 0 Å². The predicted octanol–water partition coefficient (Wildman–Crippen LogP) is 3.63. The largest absolute Gasteiger partial charge is 0.324 e. The van der Waals surface area contributed by atoms with E-state index < -0.39 is 9.84 Å². The van der Waals surface area contributed by atoms with Crippen LogP contribution < -0.4 is 11.3 Å². The maximum Gasteiger partial charge on any atom is 0.175 e. The number of sulfone groups is 1. The molecule has 1 aliphatic carbocycles. The molecule has 0 aromatic rings. The maximum atomic E-state index is 11.9. The van der Waals surface area contributed by atoms with Gasteiger partial charge < -0.3 is 5.43 Å². The van der Waals surface area contributed by atoms with Crippen LogP contribution in [0.15, 0.2) is 68.8 Å². The van der Waals surface area contributed by atoms with Gasteiger partial charge in [0, 0.05) is 23.4 Å². The Balaban J connectivity index is 3.38. The number of hydrogen-bond acceptors (Lipinski definition) is 4. The molecule has 0 aliphatic heterocycles. The number of halogens is 1. The first-order chi connectivity index (χ1) is 10.7. The molecule has 126 valence electrons. The molecule has 0 radical (unpaired) electrons. The van der Waals surface area contributed by atoms with Crippen LogP contribution in [0.5, 0.6) is 0 Å². The summed E-state index contributed by atoms with van der Waals surface area (Å²) < 4.78 is 23.8. The van der Waals surface area contributed by atoms with Gasteiger partial charge >= 0.3 is 0 Å². The van der Waals surface area contributed by atoms with E-state index in [9.17, 15) is 8.42 Å². The van der Waals surface area contributed by atoms with Gasteiger partial charge in [-0.25, -0.2) is 8.42 Å². The fourth-order valence-electron chi connectivity index (χ4n) is 2.21. The highest BCUT2D eigenvalue weighted by molar-refractivity contribution is 7.94. The molecule has 1 aliphatic rings. The zero-order valence-electron chi connectivity index (χ0n) is 13.9. The maximum absolute atomic E-state index is 11.9. The van der Waals surface area contributed by atoms with Crippen molar-refractivity contribution in [2.75, 3.05) is 6.26 Å². The molecule has 0 amide bonds. The fourth-order valence-corrected chi connectivity index (χ4v) is 3.43. The lowest BCUT2D eigenvalue weighted by Crippen LogP contribution is -2.19. The summed E-state index contributed by atoms with van der Waals surface area (Å²) in [7, 11) is -3.29. The van der Waals surface area contributed by atoms with Crippen molar-refractivity contribution in [2.24, 2.45) is 5.84 Å². The van der Waals surface area contributed by atoms with Crippen molar-refractivity contribution >= 4 is 21.4 Å². The SMILES string of the molecule is C\C=C/C(=C(C)\C=C(/C)C1=CC(NN)=CCC(Cl)=C1)S(C)(=O)=O. The van der Waals surface area contributed by atoms with Crippen LogP contribution in [0, 0.1) is 0 Å². The molecule has 4 nitrogen and oxygen atoms in total. The Morgan fingerprint density at radius 1 is 1.35 bits per heavy atom. The van der Waals surface area contributed by atoms with E-state index in [4.69, 9.17) is 17.4 Å². The van der Waals surface area contributed by atoms with Crippen molar-refractivity contribution in [3.05, 3.63) is 68.8 Å². The molecule has 0 saturated carbocycles. The molecule has 0 atom stereocenters. The normalized spacial score (nSPS) is 18.0. The minimum absolute atomic E-state index is 0.302. The molecule has 3 N–H and O–H groups in total. The quantitative estimate of drug-likeness (QED) is 0.449. The number of allylic oxidation sites excluding steroid dienone is 10. The van der Waals surface area contributed by atoms with Crippen molar-refractivity contribution in [1.29, 1.82) is 0 Å². The van der Waals surface area contributed by atoms with Crippen molar-refractivity contribution in [1.82, 2.24) is 5.43 Å². The van der Waals surface area contributed by atoms with Crippen molar-refractivity contribution in [3.8, 4) is 0 Å². The Morgan fingerprint density at radius 3 is 2.52 bits per heavy atom. The number of hydrazine groups is 1. The second-order valence-corrected chi connectivity index (χ2v) is 7.82. The smallest absolute Gasteiger partial charge is 0.175 e. The number of nitrogens with one attached hydrogen (secondary N) is 1. The standard InChI is InChI=1S/C17H23ClN2O2S/c1-5-6-17(23(4,21)22)13(3)9-12(2)14-10-15(18)7-8-16(11-14)20-19/h5-6,8-11,20H,7,19H2,1-4H3/b6-5-,12-9+,17-13+. The first-order valence-corrected chi connectivity index (χ1v) is 9.42. The lowest BCUT2D eigenvalue weighted by Gasteiger charge is -2.08. The summed E-state index contributed by atoms with van der Waals surface area (Å²) >= 11 is 6.16. The number of rotatable bonds is 5. The van der Waals surface area contributed by atoms with Crippen LogP contribution in [-0.2, 0) is 9.84 Å². The van der Waals surface area contributed by atoms with Crippen molar-refractivity contribution < 1.29 is 8.42 Å². The molecule has 0 saturated heterocycles. The Hall–Kier alpha value is -1.56. The molecule has 0 bridgehead atoms. The van der Waals surface area contributed by atoms with E-state index >= 15 is 0 Å². The highest BCUT2D eigenvalue weighted by Crippen LogP contribution is 2.25. The average molecular weight is 355 g/mol. The summed E-state index contributed by atoms with van der Waals surface area (Å²) in [6.45, 7) is 5.47. The van der Waals surface area contributed by atoms with Gasteiger partial charge in [-0.15, -0.1) is 0 Å². The third kappa shape index (κ3) is 5.86. The van der Waals surface area contributed by atoms with Crippen LogP contribution in [0.3, 0.4) is 0 Å². The van der Waals surface area contributed by atoms with Crippen molar-refractivity contribution in [3.63, 3.8) is 0 Å². The first kappa shape index (κ1) is 19.5. The molecule has 6 heteroatoms. The number of nitrogens with two attached hydrogens (primary N) is 1. The minimum Gasteiger partial charge on any atom is -0.324 e. The van der Waals surface area contributed by atoms with Gasteiger partial charge in [-0.1, -0.05) is 29.8 Å². The van der Waals surface area contributed by atoms with E-state index in [1.807, 2.05) is 31.2 Å². The van der Waals surface area contributed by atoms with E-state index in [-0.39, 0.29) is 0 Å². The average Bonchev–Trinajstić information content (AvgIpc) is 2.65. The summed E-state index contributed by atoms with van der Waals surface area (Å²) in [6.07, 6.45) is 12.6. The van der Waals surface area contributed by atoms with Gasteiger partial charge in [0.15, 0.2) is 9.84 Å². The minimum atomic E-state index is -3.29. The Morgan fingerprint density at radius 2 is 2.00 bits per heavy atom. The molecule has 23 heavy (non-hydrogen) atoms. The Labute approximate surface area is 143 Å². The van der Waals surface area contributed by atoms with E-state index in [0.29, 0.717) is 21.9 Å². The topological polar surface area (TPSA) is 72.2 Å². The monoisotopic (exact) mass is 354 g/mol. The van der Waals surface area contributed by atoms with Gasteiger partial charge in [0.05, 0.1) is 4.91 Å². The molecule has 0 spiro atoms. The van der Waals surface area contributed by atoms with Crippen LogP contribution in [0.1, 0.15) is 27.2 Å². The van der Waals surface area contributed by atoms with Crippen LogP contribution in [0.25, 0.3) is 0 Å². The summed E-state index contributed by atoms with van der Waals surface area (Å²) in [5.74, 6) is 5.48. The molecular weight excluding hydrogens is 332 g/mol. The van der Waals surface area contributed by atoms with Gasteiger partial charge in [0.2, 0.25) is 0 Å². The number of hydrogen-bond donors (Lipinski definition) is 2. The lowest BCUT2D eigenvalue weighted by atomic mass is 10.0. The Kier molecular flexibility index (Phi) is 7.06. The molecular formula is C17H23ClN2O2S. The fraction of sp³-hybridized carbons (Fsp3) is 0.294. The molecule has 1 rings (SSSR count). The molecule has 0 unspecified atom stereocenters. The third-order valence-electron chi connectivity index (χ3n) is 3.30. The second-order valence-electron chi connectivity index (χ2n) is 5.35. The second kappa shape index (κ2) is 8.34. The summed E-state index contributed by atoms with van der Waals surface area (Å²) in [5, 5.41) is 0.688. The van der Waals surface area contributed by atoms with Crippen molar-refractivity contribution in [2.45, 2.75) is 27.2 Å². The van der Waals surface area contributed by atoms with Gasteiger partial charge in [0.25, 0.3) is 0 Å². The highest BCUT2D eigenvalue weighted by Gasteiger charge is 2.12. The van der Waals surface area contributed by atoms with Crippen LogP contribution in [0.2, 0.25) is 0 Å². The molecule has 0 aromatic carbocycles. The van der Waals surface area contributed by atoms with E-state index in [2.05, 4.69) is 5.43 Å². The van der Waals surface area contributed by atoms with Crippen LogP contribution >= 0.6 is 11.6 Å². The lowest BCUT2D eigenvalue weighted by molar-refractivity contribution is 0.608. The summed E-state index contributed by atoms with van der Waals surface area (Å²) in [6, 6.07) is 0. The zero-order valence-corrected chi connectivity index (χ0v) is 15.4. The van der Waals surface area contributed by atoms with Gasteiger partial charge in [-0.2, -0.15) is 0 Å². The summed E-state index contributed by atoms with van der Waals surface area (Å²) in [4.78, 5) is 0.302. The third-order valence-corrected chi connectivity index (χ3v) is 4.82. The van der Waals surface area contributed by atoms with Gasteiger partial charge in [-0.05, 0) is 55.7 Å². The molecule has 0 aromatic heterocycles. The molecule has 0 fully saturated rings. The van der Waals surface area contributed by atoms with Gasteiger partial charge in [-0.3, -0.25) is 5.84 Å². The predicted molar refractivity (Wildman–Crippen MR) is 98.2 cm³/mol. The molecule has 0 heterocycles. The zero-order chi connectivity index (χ0) is 17.6.